The molecule has 0 saturated heterocycles. The van der Waals surface area contributed by atoms with Crippen molar-refractivity contribution in [2.45, 2.75) is 174 Å². The van der Waals surface area contributed by atoms with Crippen molar-refractivity contribution in [2.24, 2.45) is 11.8 Å². The van der Waals surface area contributed by atoms with Crippen LogP contribution in [0.1, 0.15) is 156 Å². The Morgan fingerprint density at radius 1 is 0.653 bits per heavy atom. The zero-order valence-corrected chi connectivity index (χ0v) is 32.0. The standard InChI is InChI=1S/C45H74O4/c1-5-7-9-11-13-14-15-16-17-18-19-20-21-22-23-24-25-26-30-34-38-48-44-39-43(46)41(42(44)36-32-27-12-10-8-6-2)35-31-28-29-33-37-45(47)49-40(3)4/h7,9,13-14,16-17,19-20,22-23,25-26,28,31,40-44,46H,5-6,8,10-12,15,18,21,24,27,29-30,32-39H2,1-4H3/b9-7-,14-13-,17-16-,20-19-,23-22-,26-25-,31-28-/t41-,42-,43+,44-/m1/s1. The van der Waals surface area contributed by atoms with E-state index in [-0.39, 0.29) is 30.2 Å². The molecular formula is C45H74O4. The molecule has 1 N–H and O–H groups in total. The number of carbonyl (C=O) groups is 1. The molecule has 1 fully saturated rings. The van der Waals surface area contributed by atoms with E-state index < -0.39 is 0 Å². The van der Waals surface area contributed by atoms with E-state index in [1.165, 1.54) is 38.5 Å². The molecule has 0 aromatic rings. The van der Waals surface area contributed by atoms with Gasteiger partial charge in [0.2, 0.25) is 0 Å². The van der Waals surface area contributed by atoms with Gasteiger partial charge in [-0.2, -0.15) is 0 Å². The van der Waals surface area contributed by atoms with Crippen molar-refractivity contribution < 1.29 is 19.4 Å². The lowest BCUT2D eigenvalue weighted by molar-refractivity contribution is -0.147. The number of hydrogen-bond acceptors (Lipinski definition) is 4. The van der Waals surface area contributed by atoms with Gasteiger partial charge in [0.15, 0.2) is 0 Å². The summed E-state index contributed by atoms with van der Waals surface area (Å²) in [5.41, 5.74) is 0. The highest BCUT2D eigenvalue weighted by atomic mass is 16.5. The van der Waals surface area contributed by atoms with E-state index in [0.717, 1.165) is 90.1 Å². The van der Waals surface area contributed by atoms with Crippen molar-refractivity contribution in [2.75, 3.05) is 6.61 Å². The highest BCUT2D eigenvalue weighted by Gasteiger charge is 2.41. The summed E-state index contributed by atoms with van der Waals surface area (Å²) in [4.78, 5) is 11.8. The van der Waals surface area contributed by atoms with E-state index in [0.29, 0.717) is 12.3 Å². The van der Waals surface area contributed by atoms with E-state index in [1.807, 2.05) is 13.8 Å². The van der Waals surface area contributed by atoms with Gasteiger partial charge in [-0.3, -0.25) is 4.79 Å². The van der Waals surface area contributed by atoms with Crippen molar-refractivity contribution in [3.63, 3.8) is 0 Å². The van der Waals surface area contributed by atoms with E-state index in [1.54, 1.807) is 0 Å². The molecule has 4 heteroatoms. The average molecular weight is 679 g/mol. The number of ether oxygens (including phenoxy) is 2. The minimum absolute atomic E-state index is 0.0534. The fourth-order valence-corrected chi connectivity index (χ4v) is 6.37. The molecule has 0 aromatic carbocycles. The Kier molecular flexibility index (Phi) is 29.8. The fourth-order valence-electron chi connectivity index (χ4n) is 6.37. The maximum absolute atomic E-state index is 11.8. The molecule has 0 unspecified atom stereocenters. The molecular weight excluding hydrogens is 604 g/mol. The Labute approximate surface area is 302 Å². The molecule has 1 aliphatic rings. The highest BCUT2D eigenvalue weighted by Crippen LogP contribution is 2.40. The van der Waals surface area contributed by atoms with Crippen molar-refractivity contribution in [1.29, 1.82) is 0 Å². The number of aliphatic hydroxyl groups is 1. The van der Waals surface area contributed by atoms with Gasteiger partial charge in [-0.1, -0.05) is 137 Å². The molecule has 0 aromatic heterocycles. The number of allylic oxidation sites excluding steroid dienone is 14. The van der Waals surface area contributed by atoms with Gasteiger partial charge in [0.1, 0.15) is 0 Å². The molecule has 0 radical (unpaired) electrons. The number of carbonyl (C=O) groups excluding carboxylic acids is 1. The van der Waals surface area contributed by atoms with Gasteiger partial charge in [0.05, 0.1) is 18.3 Å². The molecule has 0 heterocycles. The van der Waals surface area contributed by atoms with Gasteiger partial charge < -0.3 is 14.6 Å². The summed E-state index contributed by atoms with van der Waals surface area (Å²) in [5, 5.41) is 11.0. The molecule has 0 amide bonds. The molecule has 278 valence electrons. The minimum Gasteiger partial charge on any atom is -0.463 e. The third-order valence-electron chi connectivity index (χ3n) is 9.02. The van der Waals surface area contributed by atoms with Crippen LogP contribution in [0.2, 0.25) is 0 Å². The summed E-state index contributed by atoms with van der Waals surface area (Å²) >= 11 is 0. The molecule has 0 aliphatic heterocycles. The molecule has 4 nitrogen and oxygen atoms in total. The summed E-state index contributed by atoms with van der Waals surface area (Å²) in [7, 11) is 0. The predicted molar refractivity (Wildman–Crippen MR) is 212 cm³/mol. The summed E-state index contributed by atoms with van der Waals surface area (Å²) in [5.74, 6) is 0.554. The van der Waals surface area contributed by atoms with E-state index in [4.69, 9.17) is 9.47 Å². The summed E-state index contributed by atoms with van der Waals surface area (Å²) in [6.45, 7) is 8.95. The first-order chi connectivity index (χ1) is 24.0. The topological polar surface area (TPSA) is 55.8 Å². The second-order valence-electron chi connectivity index (χ2n) is 13.8. The van der Waals surface area contributed by atoms with Gasteiger partial charge in [-0.15, -0.1) is 0 Å². The lowest BCUT2D eigenvalue weighted by atomic mass is 9.86. The normalized spacial score (nSPS) is 20.4. The average Bonchev–Trinajstić information content (AvgIpc) is 3.37. The van der Waals surface area contributed by atoms with Gasteiger partial charge in [0.25, 0.3) is 0 Å². The molecule has 1 saturated carbocycles. The lowest BCUT2D eigenvalue weighted by Crippen LogP contribution is -2.24. The third kappa shape index (κ3) is 26.1. The fraction of sp³-hybridized carbons (Fsp3) is 0.667. The van der Waals surface area contributed by atoms with Crippen LogP contribution in [0.3, 0.4) is 0 Å². The van der Waals surface area contributed by atoms with Crippen molar-refractivity contribution in [1.82, 2.24) is 0 Å². The third-order valence-corrected chi connectivity index (χ3v) is 9.02. The Bertz CT molecular complexity index is 982. The second kappa shape index (κ2) is 32.8. The Morgan fingerprint density at radius 2 is 1.18 bits per heavy atom. The molecule has 1 aliphatic carbocycles. The van der Waals surface area contributed by atoms with Crippen LogP contribution in [0.25, 0.3) is 0 Å². The van der Waals surface area contributed by atoms with Crippen LogP contribution in [-0.4, -0.2) is 36.0 Å². The van der Waals surface area contributed by atoms with Crippen molar-refractivity contribution in [3.05, 3.63) is 85.1 Å². The van der Waals surface area contributed by atoms with Gasteiger partial charge in [-0.25, -0.2) is 0 Å². The maximum atomic E-state index is 11.8. The SMILES string of the molecule is CC/C=C\C/C=C\C/C=C\C/C=C\C/C=C\C/C=C\CCCO[C@@H]1C[C@H](O)[C@H](C/C=C\CCCC(=O)OC(C)C)[C@H]1CCCCCCCC. The first kappa shape index (κ1) is 44.6. The molecule has 1 rings (SSSR count). The largest absolute Gasteiger partial charge is 0.463 e. The van der Waals surface area contributed by atoms with Crippen molar-refractivity contribution >= 4 is 5.97 Å². The quantitative estimate of drug-likeness (QED) is 0.0467. The predicted octanol–water partition coefficient (Wildman–Crippen LogP) is 12.7. The van der Waals surface area contributed by atoms with Gasteiger partial charge >= 0.3 is 5.97 Å². The molecule has 0 bridgehead atoms. The summed E-state index contributed by atoms with van der Waals surface area (Å²) < 4.78 is 11.7. The summed E-state index contributed by atoms with van der Waals surface area (Å²) in [6.07, 6.45) is 51.8. The molecule has 4 atom stereocenters. The van der Waals surface area contributed by atoms with Crippen LogP contribution in [0.4, 0.5) is 0 Å². The first-order valence-electron chi connectivity index (χ1n) is 20.0. The zero-order valence-electron chi connectivity index (χ0n) is 32.0. The highest BCUT2D eigenvalue weighted by molar-refractivity contribution is 5.69. The number of esters is 1. The van der Waals surface area contributed by atoms with Crippen LogP contribution >= 0.6 is 0 Å². The molecule has 49 heavy (non-hydrogen) atoms. The zero-order chi connectivity index (χ0) is 35.6. The lowest BCUT2D eigenvalue weighted by Gasteiger charge is -2.25. The van der Waals surface area contributed by atoms with Crippen LogP contribution in [-0.2, 0) is 14.3 Å². The van der Waals surface area contributed by atoms with Crippen LogP contribution < -0.4 is 0 Å². The number of rotatable bonds is 30. The number of aliphatic hydroxyl groups excluding tert-OH is 1. The number of unbranched alkanes of at least 4 members (excludes halogenated alkanes) is 7. The van der Waals surface area contributed by atoms with Gasteiger partial charge in [0, 0.05) is 19.4 Å². The Hall–Kier alpha value is -2.43. The summed E-state index contributed by atoms with van der Waals surface area (Å²) in [6, 6.07) is 0. The minimum atomic E-state index is -0.302. The second-order valence-corrected chi connectivity index (χ2v) is 13.8. The van der Waals surface area contributed by atoms with Crippen molar-refractivity contribution in [3.8, 4) is 0 Å². The molecule has 0 spiro atoms. The maximum Gasteiger partial charge on any atom is 0.306 e. The van der Waals surface area contributed by atoms with Gasteiger partial charge in [-0.05, 0) is 103 Å². The van der Waals surface area contributed by atoms with E-state index in [2.05, 4.69) is 98.9 Å². The van der Waals surface area contributed by atoms with E-state index >= 15 is 0 Å². The van der Waals surface area contributed by atoms with Crippen LogP contribution in [0.5, 0.6) is 0 Å². The monoisotopic (exact) mass is 679 g/mol. The first-order valence-corrected chi connectivity index (χ1v) is 20.0. The van der Waals surface area contributed by atoms with Crippen LogP contribution in [0.15, 0.2) is 85.1 Å². The van der Waals surface area contributed by atoms with E-state index in [9.17, 15) is 9.90 Å². The smallest absolute Gasteiger partial charge is 0.306 e. The Balaban J connectivity index is 2.33. The Morgan fingerprint density at radius 3 is 1.78 bits per heavy atom. The number of hydrogen-bond donors (Lipinski definition) is 1. The van der Waals surface area contributed by atoms with Crippen LogP contribution in [0, 0.1) is 11.8 Å².